The van der Waals surface area contributed by atoms with E-state index in [0.717, 1.165) is 11.7 Å². The predicted molar refractivity (Wildman–Crippen MR) is 64.2 cm³/mol. The van der Waals surface area contributed by atoms with Crippen molar-refractivity contribution in [1.82, 2.24) is 0 Å². The zero-order valence-electron chi connectivity index (χ0n) is 8.85. The average Bonchev–Trinajstić information content (AvgIpc) is 2.26. The van der Waals surface area contributed by atoms with E-state index in [-0.39, 0.29) is 0 Å². The Kier molecular flexibility index (Phi) is 5.37. The van der Waals surface area contributed by atoms with Crippen molar-refractivity contribution in [2.24, 2.45) is 0 Å². The molecule has 0 bridgehead atoms. The molecule has 0 aliphatic rings. The topological polar surface area (TPSA) is 34.1 Å². The maximum absolute atomic E-state index is 11.8. The van der Waals surface area contributed by atoms with Gasteiger partial charge in [-0.05, 0) is 0 Å². The van der Waals surface area contributed by atoms with Crippen LogP contribution in [0.2, 0.25) is 10.6 Å². The van der Waals surface area contributed by atoms with E-state index in [2.05, 4.69) is 6.92 Å². The molecule has 0 atom stereocenters. The van der Waals surface area contributed by atoms with E-state index in [1.165, 1.54) is 5.32 Å². The second-order valence-corrected chi connectivity index (χ2v) is 7.92. The van der Waals surface area contributed by atoms with Gasteiger partial charge in [0.05, 0.1) is 0 Å². The molecule has 4 heteroatoms. The van der Waals surface area contributed by atoms with E-state index in [1.807, 2.05) is 6.07 Å². The fraction of sp³-hybridized carbons (Fsp3) is 0.455. The molecule has 0 fully saturated rings. The van der Waals surface area contributed by atoms with Crippen LogP contribution in [0.25, 0.3) is 0 Å². The zero-order chi connectivity index (χ0) is 11.1. The molecule has 1 aromatic carbocycles. The Morgan fingerprint density at radius 3 is 2.40 bits per heavy atom. The van der Waals surface area contributed by atoms with Crippen LogP contribution < -0.4 is 0 Å². The van der Waals surface area contributed by atoms with Gasteiger partial charge in [-0.2, -0.15) is 0 Å². The van der Waals surface area contributed by atoms with Gasteiger partial charge in [0.1, 0.15) is 0 Å². The third-order valence-corrected chi connectivity index (χ3v) is 6.76. The molecule has 15 heavy (non-hydrogen) atoms. The first-order valence-electron chi connectivity index (χ1n) is 5.02. The Morgan fingerprint density at radius 1 is 1.13 bits per heavy atom. The normalized spacial score (nSPS) is 11.5. The number of sulfone groups is 1. The van der Waals surface area contributed by atoms with E-state index in [0.29, 0.717) is 25.6 Å². The summed E-state index contributed by atoms with van der Waals surface area (Å²) in [6.45, 7) is 2.13. The first-order chi connectivity index (χ1) is 7.17. The van der Waals surface area contributed by atoms with Crippen LogP contribution in [0.4, 0.5) is 0 Å². The van der Waals surface area contributed by atoms with Crippen molar-refractivity contribution >= 4 is 24.8 Å². The van der Waals surface area contributed by atoms with Crippen molar-refractivity contribution in [1.29, 1.82) is 0 Å². The van der Waals surface area contributed by atoms with E-state index in [1.54, 1.807) is 24.3 Å². The van der Waals surface area contributed by atoms with Gasteiger partial charge < -0.3 is 0 Å². The second kappa shape index (κ2) is 6.31. The summed E-state index contributed by atoms with van der Waals surface area (Å²) in [7, 11) is -3.03. The molecule has 2 nitrogen and oxygen atoms in total. The molecule has 0 spiro atoms. The predicted octanol–water partition coefficient (Wildman–Crippen LogP) is 2.41. The monoisotopic (exact) mass is 292 g/mol. The van der Waals surface area contributed by atoms with E-state index >= 15 is 0 Å². The van der Waals surface area contributed by atoms with Crippen molar-refractivity contribution < 1.29 is 8.42 Å². The summed E-state index contributed by atoms with van der Waals surface area (Å²) in [6, 6.07) is 8.71. The molecule has 84 valence electrons. The summed E-state index contributed by atoms with van der Waals surface area (Å²) in [5.41, 5.74) is 0. The average molecular weight is 291 g/mol. The van der Waals surface area contributed by atoms with Gasteiger partial charge in [-0.3, -0.25) is 0 Å². The van der Waals surface area contributed by atoms with E-state index in [9.17, 15) is 8.42 Å². The number of hydrogen-bond donors (Lipinski definition) is 0. The Morgan fingerprint density at radius 2 is 1.80 bits per heavy atom. The van der Waals surface area contributed by atoms with Crippen LogP contribution in [-0.2, 0) is 9.84 Å². The second-order valence-electron chi connectivity index (χ2n) is 3.24. The molecule has 0 saturated carbocycles. The summed E-state index contributed by atoms with van der Waals surface area (Å²) in [4.78, 5) is 0.456. The summed E-state index contributed by atoms with van der Waals surface area (Å²) in [6.07, 6.45) is 1.16. The van der Waals surface area contributed by atoms with Crippen LogP contribution in [0.1, 0.15) is 13.3 Å². The summed E-state index contributed by atoms with van der Waals surface area (Å²) >= 11 is 0.483. The van der Waals surface area contributed by atoms with Crippen molar-refractivity contribution in [2.75, 3.05) is 5.75 Å². The number of benzene rings is 1. The van der Waals surface area contributed by atoms with Crippen LogP contribution in [0.5, 0.6) is 0 Å². The van der Waals surface area contributed by atoms with Gasteiger partial charge in [0.15, 0.2) is 0 Å². The van der Waals surface area contributed by atoms with Crippen LogP contribution >= 0.6 is 0 Å². The van der Waals surface area contributed by atoms with Gasteiger partial charge in [-0.1, -0.05) is 0 Å². The van der Waals surface area contributed by atoms with Gasteiger partial charge in [0.25, 0.3) is 0 Å². The summed E-state index contributed by atoms with van der Waals surface area (Å²) in [5.74, 6) is 0.303. The Hall–Kier alpha value is -0.311. The molecular formula is C11H16O2SSe. The van der Waals surface area contributed by atoms with Crippen LogP contribution in [0.3, 0.4) is 0 Å². The summed E-state index contributed by atoms with van der Waals surface area (Å²) in [5, 5.41) is 2.01. The van der Waals surface area contributed by atoms with Crippen LogP contribution in [0.15, 0.2) is 35.2 Å². The molecule has 0 aliphatic carbocycles. The summed E-state index contributed by atoms with van der Waals surface area (Å²) < 4.78 is 23.6. The van der Waals surface area contributed by atoms with Gasteiger partial charge in [-0.25, -0.2) is 0 Å². The quantitative estimate of drug-likeness (QED) is 0.596. The Bertz CT molecular complexity index is 373. The van der Waals surface area contributed by atoms with Crippen molar-refractivity contribution in [2.45, 2.75) is 28.9 Å². The minimum atomic E-state index is -3.03. The van der Waals surface area contributed by atoms with Crippen molar-refractivity contribution in [3.05, 3.63) is 30.3 Å². The molecule has 0 aromatic heterocycles. The standard InChI is InChI=1S/C11H16O2SSe/c1-2-9-15-10-8-14(12,13)11-6-4-3-5-7-11/h3-7H,2,8-10H2,1H3. The van der Waals surface area contributed by atoms with E-state index in [4.69, 9.17) is 0 Å². The number of rotatable bonds is 6. The Labute approximate surface area is 98.2 Å². The first-order valence-corrected chi connectivity index (χ1v) is 9.10. The molecule has 0 amide bonds. The molecule has 1 aromatic rings. The van der Waals surface area contributed by atoms with Crippen LogP contribution in [0, 0.1) is 0 Å². The molecular weight excluding hydrogens is 275 g/mol. The van der Waals surface area contributed by atoms with Gasteiger partial charge in [-0.15, -0.1) is 0 Å². The molecule has 1 rings (SSSR count). The first kappa shape index (κ1) is 12.8. The molecule has 0 aliphatic heterocycles. The molecule has 0 N–H and O–H groups in total. The zero-order valence-corrected chi connectivity index (χ0v) is 11.4. The molecule has 0 heterocycles. The minimum absolute atomic E-state index is 0.303. The SMILES string of the molecule is CCC[Se]CCS(=O)(=O)c1ccccc1. The van der Waals surface area contributed by atoms with Gasteiger partial charge >= 0.3 is 98.2 Å². The van der Waals surface area contributed by atoms with Crippen molar-refractivity contribution in [3.8, 4) is 0 Å². The fourth-order valence-electron chi connectivity index (χ4n) is 1.16. The third-order valence-electron chi connectivity index (χ3n) is 1.95. The van der Waals surface area contributed by atoms with Gasteiger partial charge in [0, 0.05) is 0 Å². The number of hydrogen-bond acceptors (Lipinski definition) is 2. The van der Waals surface area contributed by atoms with Gasteiger partial charge in [0.2, 0.25) is 0 Å². The van der Waals surface area contributed by atoms with Crippen molar-refractivity contribution in [3.63, 3.8) is 0 Å². The molecule has 0 radical (unpaired) electrons. The molecule has 0 saturated heterocycles. The molecule has 0 unspecified atom stereocenters. The fourth-order valence-corrected chi connectivity index (χ4v) is 5.46. The van der Waals surface area contributed by atoms with Crippen LogP contribution in [-0.4, -0.2) is 29.1 Å². The third kappa shape index (κ3) is 4.37. The Balaban J connectivity index is 2.53. The van der Waals surface area contributed by atoms with E-state index < -0.39 is 9.84 Å². The maximum atomic E-state index is 11.8.